The summed E-state index contributed by atoms with van der Waals surface area (Å²) in [7, 11) is 0. The minimum atomic E-state index is -1.79. The number of carbonyl (C=O) groups excluding carboxylic acids is 3. The molecule has 0 spiro atoms. The molecule has 0 aliphatic rings. The van der Waals surface area contributed by atoms with Gasteiger partial charge in [-0.25, -0.2) is 4.79 Å². The molecule has 0 heterocycles. The Bertz CT molecular complexity index is 908. The number of nitrogens with two attached hydrogens (primary N) is 1. The second-order valence-electron chi connectivity index (χ2n) is 7.20. The summed E-state index contributed by atoms with van der Waals surface area (Å²) in [5.74, 6) is -7.72. The van der Waals surface area contributed by atoms with Gasteiger partial charge in [-0.3, -0.25) is 24.0 Å². The maximum atomic E-state index is 12.8. The third-order valence-electron chi connectivity index (χ3n) is 4.45. The van der Waals surface area contributed by atoms with E-state index in [0.29, 0.717) is 5.56 Å². The molecule has 14 nitrogen and oxygen atoms in total. The van der Waals surface area contributed by atoms with E-state index in [2.05, 4.69) is 10.6 Å². The van der Waals surface area contributed by atoms with E-state index in [-0.39, 0.29) is 6.42 Å². The summed E-state index contributed by atoms with van der Waals surface area (Å²) >= 11 is 0. The molecule has 0 aromatic heterocycles. The molecule has 0 fully saturated rings. The van der Waals surface area contributed by atoms with Gasteiger partial charge in [0.1, 0.15) is 24.2 Å². The van der Waals surface area contributed by atoms with Crippen molar-refractivity contribution in [1.82, 2.24) is 16.0 Å². The van der Waals surface area contributed by atoms with Crippen molar-refractivity contribution in [1.29, 1.82) is 0 Å². The molecule has 0 bridgehead atoms. The summed E-state index contributed by atoms with van der Waals surface area (Å²) in [6.45, 7) is -0.771. The third kappa shape index (κ3) is 9.62. The Balaban J connectivity index is 3.13. The topological polar surface area (TPSA) is 245 Å². The van der Waals surface area contributed by atoms with Crippen molar-refractivity contribution in [2.24, 2.45) is 5.73 Å². The Labute approximate surface area is 193 Å². The van der Waals surface area contributed by atoms with Crippen molar-refractivity contribution in [3.05, 3.63) is 35.9 Å². The van der Waals surface area contributed by atoms with E-state index >= 15 is 0 Å². The van der Waals surface area contributed by atoms with E-state index in [1.807, 2.05) is 5.32 Å². The van der Waals surface area contributed by atoms with Crippen molar-refractivity contribution in [2.45, 2.75) is 43.4 Å². The predicted octanol–water partition coefficient (Wildman–Crippen LogP) is -2.96. The van der Waals surface area contributed by atoms with Gasteiger partial charge in [0, 0.05) is 6.42 Å². The van der Waals surface area contributed by atoms with Gasteiger partial charge in [0.05, 0.1) is 19.4 Å². The zero-order valence-corrected chi connectivity index (χ0v) is 17.8. The van der Waals surface area contributed by atoms with Crippen LogP contribution in [0.3, 0.4) is 0 Å². The normalized spacial score (nSPS) is 14.1. The molecule has 0 aliphatic carbocycles. The molecule has 0 saturated heterocycles. The summed E-state index contributed by atoms with van der Waals surface area (Å²) in [5, 5.41) is 42.4. The largest absolute Gasteiger partial charge is 0.481 e. The standard InChI is InChI=1S/C20H26N4O10/c21-11(9-25)17(30)22-13(7-15(26)27)19(32)23-12(6-10-4-2-1-3-5-10)18(31)24-14(20(33)34)8-16(28)29/h1-5,11-14,25H,6-9,21H2,(H,22,30)(H,23,32)(H,24,31)(H,26,27)(H,28,29)(H,33,34). The summed E-state index contributed by atoms with van der Waals surface area (Å²) in [6, 6.07) is 1.82. The highest BCUT2D eigenvalue weighted by atomic mass is 16.4. The highest BCUT2D eigenvalue weighted by Crippen LogP contribution is 2.06. The fraction of sp³-hybridized carbons (Fsp3) is 0.400. The molecule has 4 unspecified atom stereocenters. The number of hydrogen-bond donors (Lipinski definition) is 8. The van der Waals surface area contributed by atoms with Gasteiger partial charge >= 0.3 is 17.9 Å². The lowest BCUT2D eigenvalue weighted by molar-refractivity contribution is -0.147. The summed E-state index contributed by atoms with van der Waals surface area (Å²) in [6.07, 6.45) is -1.97. The first-order chi connectivity index (χ1) is 15.9. The van der Waals surface area contributed by atoms with Crippen molar-refractivity contribution in [3.63, 3.8) is 0 Å². The van der Waals surface area contributed by atoms with Crippen LogP contribution in [0.15, 0.2) is 30.3 Å². The van der Waals surface area contributed by atoms with Gasteiger partial charge in [0.25, 0.3) is 0 Å². The van der Waals surface area contributed by atoms with Gasteiger partial charge in [-0.05, 0) is 5.56 Å². The average Bonchev–Trinajstić information content (AvgIpc) is 2.76. The smallest absolute Gasteiger partial charge is 0.326 e. The fourth-order valence-electron chi connectivity index (χ4n) is 2.72. The number of aliphatic carboxylic acids is 3. The fourth-order valence-corrected chi connectivity index (χ4v) is 2.72. The van der Waals surface area contributed by atoms with Crippen LogP contribution in [0.25, 0.3) is 0 Å². The van der Waals surface area contributed by atoms with Crippen LogP contribution in [0.2, 0.25) is 0 Å². The molecule has 0 saturated carbocycles. The van der Waals surface area contributed by atoms with E-state index in [0.717, 1.165) is 0 Å². The Morgan fingerprint density at radius 1 is 0.735 bits per heavy atom. The maximum absolute atomic E-state index is 12.8. The molecule has 3 amide bonds. The van der Waals surface area contributed by atoms with Gasteiger partial charge in [0.2, 0.25) is 17.7 Å². The molecule has 186 valence electrons. The monoisotopic (exact) mass is 482 g/mol. The molecule has 34 heavy (non-hydrogen) atoms. The van der Waals surface area contributed by atoms with Crippen molar-refractivity contribution < 1.29 is 49.2 Å². The Kier molecular flexibility index (Phi) is 11.1. The Morgan fingerprint density at radius 2 is 1.21 bits per heavy atom. The SMILES string of the molecule is NC(CO)C(=O)NC(CC(=O)O)C(=O)NC(Cc1ccccc1)C(=O)NC(CC(=O)O)C(=O)O. The first-order valence-electron chi connectivity index (χ1n) is 9.92. The predicted molar refractivity (Wildman–Crippen MR) is 113 cm³/mol. The lowest BCUT2D eigenvalue weighted by Crippen LogP contribution is -2.58. The van der Waals surface area contributed by atoms with Crippen LogP contribution in [-0.2, 0) is 35.2 Å². The maximum Gasteiger partial charge on any atom is 0.326 e. The molecule has 1 aromatic carbocycles. The van der Waals surface area contributed by atoms with Crippen LogP contribution in [0.5, 0.6) is 0 Å². The number of nitrogens with one attached hydrogen (secondary N) is 3. The highest BCUT2D eigenvalue weighted by Gasteiger charge is 2.32. The van der Waals surface area contributed by atoms with E-state index in [1.54, 1.807) is 30.3 Å². The molecule has 4 atom stereocenters. The highest BCUT2D eigenvalue weighted by molar-refractivity contribution is 5.96. The molecule has 14 heteroatoms. The Morgan fingerprint density at radius 3 is 1.71 bits per heavy atom. The second-order valence-corrected chi connectivity index (χ2v) is 7.20. The minimum Gasteiger partial charge on any atom is -0.481 e. The summed E-state index contributed by atoms with van der Waals surface area (Å²) in [4.78, 5) is 70.8. The number of carboxylic acid groups (broad SMARTS) is 3. The Hall–Kier alpha value is -4.04. The van der Waals surface area contributed by atoms with Crippen LogP contribution >= 0.6 is 0 Å². The van der Waals surface area contributed by atoms with E-state index in [9.17, 15) is 33.9 Å². The number of carbonyl (C=O) groups is 6. The van der Waals surface area contributed by atoms with Gasteiger partial charge in [-0.2, -0.15) is 0 Å². The number of hydrogen-bond acceptors (Lipinski definition) is 8. The minimum absolute atomic E-state index is 0.165. The van der Waals surface area contributed by atoms with Crippen LogP contribution < -0.4 is 21.7 Å². The first kappa shape index (κ1) is 28.0. The molecule has 0 radical (unpaired) electrons. The lowest BCUT2D eigenvalue weighted by Gasteiger charge is -2.24. The molecule has 0 aliphatic heterocycles. The van der Waals surface area contributed by atoms with Crippen LogP contribution in [0.1, 0.15) is 18.4 Å². The van der Waals surface area contributed by atoms with Crippen LogP contribution in [0.4, 0.5) is 0 Å². The molecule has 9 N–H and O–H groups in total. The third-order valence-corrected chi connectivity index (χ3v) is 4.45. The number of amides is 3. The summed E-state index contributed by atoms with van der Waals surface area (Å²) in [5.41, 5.74) is 5.90. The molecule has 1 aromatic rings. The quantitative estimate of drug-likeness (QED) is 0.133. The van der Waals surface area contributed by atoms with Crippen molar-refractivity contribution in [3.8, 4) is 0 Å². The molecular formula is C20H26N4O10. The van der Waals surface area contributed by atoms with E-state index in [4.69, 9.17) is 21.1 Å². The number of aliphatic hydroxyl groups is 1. The summed E-state index contributed by atoms with van der Waals surface area (Å²) < 4.78 is 0. The second kappa shape index (κ2) is 13.5. The number of rotatable bonds is 14. The zero-order valence-electron chi connectivity index (χ0n) is 17.8. The van der Waals surface area contributed by atoms with Crippen LogP contribution in [0, 0.1) is 0 Å². The number of carboxylic acids is 3. The van der Waals surface area contributed by atoms with Gasteiger partial charge in [-0.1, -0.05) is 30.3 Å². The van der Waals surface area contributed by atoms with Gasteiger partial charge in [0.15, 0.2) is 0 Å². The van der Waals surface area contributed by atoms with Gasteiger partial charge < -0.3 is 42.1 Å². The van der Waals surface area contributed by atoms with Crippen LogP contribution in [-0.4, -0.2) is 86.8 Å². The number of aliphatic hydroxyl groups excluding tert-OH is 1. The van der Waals surface area contributed by atoms with E-state index < -0.39 is 79.2 Å². The van der Waals surface area contributed by atoms with Gasteiger partial charge in [-0.15, -0.1) is 0 Å². The van der Waals surface area contributed by atoms with Crippen molar-refractivity contribution in [2.75, 3.05) is 6.61 Å². The number of benzene rings is 1. The lowest BCUT2D eigenvalue weighted by atomic mass is 10.0. The average molecular weight is 482 g/mol. The van der Waals surface area contributed by atoms with E-state index in [1.165, 1.54) is 0 Å². The van der Waals surface area contributed by atoms with Crippen molar-refractivity contribution >= 4 is 35.6 Å². The zero-order chi connectivity index (χ0) is 25.8. The first-order valence-corrected chi connectivity index (χ1v) is 9.92. The molecular weight excluding hydrogens is 456 g/mol. The molecule has 1 rings (SSSR count).